The van der Waals surface area contributed by atoms with Crippen molar-refractivity contribution in [3.63, 3.8) is 0 Å². The smallest absolute Gasteiger partial charge is 0.225 e. The van der Waals surface area contributed by atoms with Gasteiger partial charge in [-0.05, 0) is 49.4 Å². The molecule has 2 aliphatic rings. The van der Waals surface area contributed by atoms with Gasteiger partial charge in [-0.2, -0.15) is 0 Å². The number of nitrogens with one attached hydrogen (secondary N) is 2. The fraction of sp³-hybridized carbons (Fsp3) is 0.471. The van der Waals surface area contributed by atoms with Crippen molar-refractivity contribution in [3.05, 3.63) is 35.0 Å². The molecule has 3 atom stereocenters. The van der Waals surface area contributed by atoms with Crippen LogP contribution in [0.1, 0.15) is 24.8 Å². The summed E-state index contributed by atoms with van der Waals surface area (Å²) in [6.45, 7) is 0.645. The molecule has 2 fully saturated rings. The van der Waals surface area contributed by atoms with Crippen molar-refractivity contribution in [3.8, 4) is 0 Å². The molecule has 4 rings (SSSR count). The van der Waals surface area contributed by atoms with Crippen LogP contribution in [0.2, 0.25) is 5.02 Å². The van der Waals surface area contributed by atoms with Crippen LogP contribution in [0.25, 0.3) is 10.9 Å². The standard InChI is InChI=1S/C17H19ClN2O2/c18-11-1-3-15-13(7-11)10(9-20-15)5-6-19-17(21)14-8-12-2-4-16(14)22-12/h1,3,7,9,12,14,16,20H,2,4-6,8H2,(H,19,21). The molecule has 5 heteroatoms. The minimum Gasteiger partial charge on any atom is -0.374 e. The molecule has 3 unspecified atom stereocenters. The third-order valence-electron chi connectivity index (χ3n) is 4.87. The molecule has 0 spiro atoms. The number of rotatable bonds is 4. The summed E-state index contributed by atoms with van der Waals surface area (Å²) in [5.41, 5.74) is 2.26. The summed E-state index contributed by atoms with van der Waals surface area (Å²) in [5.74, 6) is 0.196. The quantitative estimate of drug-likeness (QED) is 0.910. The summed E-state index contributed by atoms with van der Waals surface area (Å²) in [6.07, 6.45) is 6.29. The lowest BCUT2D eigenvalue weighted by molar-refractivity contribution is -0.126. The van der Waals surface area contributed by atoms with E-state index in [9.17, 15) is 4.79 Å². The number of carbonyl (C=O) groups excluding carboxylic acids is 1. The highest BCUT2D eigenvalue weighted by Crippen LogP contribution is 2.38. The maximum Gasteiger partial charge on any atom is 0.225 e. The van der Waals surface area contributed by atoms with Gasteiger partial charge in [0.05, 0.1) is 18.1 Å². The van der Waals surface area contributed by atoms with Crippen LogP contribution >= 0.6 is 11.6 Å². The van der Waals surface area contributed by atoms with Gasteiger partial charge in [0.25, 0.3) is 0 Å². The van der Waals surface area contributed by atoms with Crippen molar-refractivity contribution in [1.82, 2.24) is 10.3 Å². The minimum absolute atomic E-state index is 0.0520. The van der Waals surface area contributed by atoms with Gasteiger partial charge in [0, 0.05) is 28.7 Å². The topological polar surface area (TPSA) is 54.1 Å². The van der Waals surface area contributed by atoms with Crippen molar-refractivity contribution in [2.75, 3.05) is 6.54 Å². The van der Waals surface area contributed by atoms with Crippen LogP contribution in [0.3, 0.4) is 0 Å². The Morgan fingerprint density at radius 2 is 2.32 bits per heavy atom. The second-order valence-electron chi connectivity index (χ2n) is 6.26. The SMILES string of the molecule is O=C(NCCc1c[nH]c2ccc(Cl)cc12)C1CC2CCC1O2. The zero-order valence-electron chi connectivity index (χ0n) is 12.3. The van der Waals surface area contributed by atoms with Gasteiger partial charge in [0.15, 0.2) is 0 Å². The van der Waals surface area contributed by atoms with Gasteiger partial charge >= 0.3 is 0 Å². The number of benzene rings is 1. The zero-order chi connectivity index (χ0) is 15.1. The first-order valence-electron chi connectivity index (χ1n) is 7.89. The second-order valence-corrected chi connectivity index (χ2v) is 6.70. The molecule has 2 saturated heterocycles. The number of amides is 1. The molecule has 1 aromatic carbocycles. The van der Waals surface area contributed by atoms with Gasteiger partial charge in [-0.3, -0.25) is 4.79 Å². The first-order valence-corrected chi connectivity index (χ1v) is 8.27. The maximum absolute atomic E-state index is 12.3. The van der Waals surface area contributed by atoms with E-state index in [1.807, 2.05) is 24.4 Å². The Morgan fingerprint density at radius 1 is 1.41 bits per heavy atom. The third kappa shape index (κ3) is 2.50. The molecule has 22 heavy (non-hydrogen) atoms. The fourth-order valence-electron chi connectivity index (χ4n) is 3.72. The molecule has 2 bridgehead atoms. The summed E-state index contributed by atoms with van der Waals surface area (Å²) < 4.78 is 5.75. The van der Waals surface area contributed by atoms with Crippen molar-refractivity contribution in [1.29, 1.82) is 0 Å². The number of aromatic nitrogens is 1. The summed E-state index contributed by atoms with van der Waals surface area (Å²) in [5, 5.41) is 4.92. The highest BCUT2D eigenvalue weighted by atomic mass is 35.5. The van der Waals surface area contributed by atoms with E-state index >= 15 is 0 Å². The minimum atomic E-state index is 0.0520. The molecule has 1 aromatic heterocycles. The Hall–Kier alpha value is -1.52. The molecule has 4 nitrogen and oxygen atoms in total. The van der Waals surface area contributed by atoms with Gasteiger partial charge in [-0.15, -0.1) is 0 Å². The first kappa shape index (κ1) is 14.1. The zero-order valence-corrected chi connectivity index (χ0v) is 13.0. The van der Waals surface area contributed by atoms with E-state index in [1.165, 1.54) is 5.56 Å². The number of ether oxygens (including phenoxy) is 1. The lowest BCUT2D eigenvalue weighted by Gasteiger charge is -2.17. The second kappa shape index (κ2) is 5.60. The van der Waals surface area contributed by atoms with Gasteiger partial charge in [0.2, 0.25) is 5.91 Å². The van der Waals surface area contributed by atoms with Gasteiger partial charge < -0.3 is 15.0 Å². The van der Waals surface area contributed by atoms with Gasteiger partial charge in [-0.25, -0.2) is 0 Å². The number of fused-ring (bicyclic) bond motifs is 3. The molecular formula is C17H19ClN2O2. The number of H-pyrrole nitrogens is 1. The maximum atomic E-state index is 12.3. The molecule has 2 N–H and O–H groups in total. The van der Waals surface area contributed by atoms with Crippen LogP contribution in [-0.2, 0) is 16.0 Å². The van der Waals surface area contributed by atoms with E-state index in [2.05, 4.69) is 10.3 Å². The van der Waals surface area contributed by atoms with Crippen LogP contribution in [-0.4, -0.2) is 29.6 Å². The lowest BCUT2D eigenvalue weighted by atomic mass is 9.88. The Bertz CT molecular complexity index is 712. The largest absolute Gasteiger partial charge is 0.374 e. The number of halogens is 1. The molecule has 0 radical (unpaired) electrons. The summed E-state index contributed by atoms with van der Waals surface area (Å²) in [7, 11) is 0. The molecule has 0 saturated carbocycles. The summed E-state index contributed by atoms with van der Waals surface area (Å²) in [6, 6.07) is 5.82. The van der Waals surface area contributed by atoms with Crippen LogP contribution in [0, 0.1) is 5.92 Å². The Morgan fingerprint density at radius 3 is 3.09 bits per heavy atom. The first-order chi connectivity index (χ1) is 10.7. The number of hydrogen-bond acceptors (Lipinski definition) is 2. The van der Waals surface area contributed by atoms with Gasteiger partial charge in [-0.1, -0.05) is 11.6 Å². The molecule has 0 aliphatic carbocycles. The molecule has 116 valence electrons. The predicted octanol–water partition coefficient (Wildman–Crippen LogP) is 3.05. The van der Waals surface area contributed by atoms with Crippen LogP contribution in [0.4, 0.5) is 0 Å². The van der Waals surface area contributed by atoms with Crippen molar-refractivity contribution < 1.29 is 9.53 Å². The molecular weight excluding hydrogens is 300 g/mol. The predicted molar refractivity (Wildman–Crippen MR) is 86.0 cm³/mol. The van der Waals surface area contributed by atoms with E-state index in [4.69, 9.17) is 16.3 Å². The van der Waals surface area contributed by atoms with E-state index in [0.717, 1.165) is 41.6 Å². The van der Waals surface area contributed by atoms with E-state index in [0.29, 0.717) is 12.6 Å². The fourth-order valence-corrected chi connectivity index (χ4v) is 3.89. The van der Waals surface area contributed by atoms with E-state index < -0.39 is 0 Å². The van der Waals surface area contributed by atoms with Crippen LogP contribution < -0.4 is 5.32 Å². The van der Waals surface area contributed by atoms with Gasteiger partial charge in [0.1, 0.15) is 0 Å². The van der Waals surface area contributed by atoms with Crippen molar-refractivity contribution >= 4 is 28.4 Å². The van der Waals surface area contributed by atoms with Crippen LogP contribution in [0.15, 0.2) is 24.4 Å². The molecule has 1 amide bonds. The summed E-state index contributed by atoms with van der Waals surface area (Å²) >= 11 is 6.06. The van der Waals surface area contributed by atoms with Crippen molar-refractivity contribution in [2.45, 2.75) is 37.9 Å². The Balaban J connectivity index is 1.36. The van der Waals surface area contributed by atoms with Crippen molar-refractivity contribution in [2.24, 2.45) is 5.92 Å². The number of aromatic amines is 1. The Labute approximate surface area is 134 Å². The summed E-state index contributed by atoms with van der Waals surface area (Å²) in [4.78, 5) is 15.5. The third-order valence-corrected chi connectivity index (χ3v) is 5.10. The lowest BCUT2D eigenvalue weighted by Crippen LogP contribution is -2.36. The Kier molecular flexibility index (Phi) is 3.59. The monoisotopic (exact) mass is 318 g/mol. The molecule has 2 aliphatic heterocycles. The number of hydrogen-bond donors (Lipinski definition) is 2. The highest BCUT2D eigenvalue weighted by Gasteiger charge is 2.44. The molecule has 2 aromatic rings. The average molecular weight is 319 g/mol. The highest BCUT2D eigenvalue weighted by molar-refractivity contribution is 6.31. The average Bonchev–Trinajstić information content (AvgIpc) is 3.22. The number of carbonyl (C=O) groups is 1. The van der Waals surface area contributed by atoms with E-state index in [1.54, 1.807) is 0 Å². The van der Waals surface area contributed by atoms with Crippen LogP contribution in [0.5, 0.6) is 0 Å². The molecule has 3 heterocycles. The normalized spacial score (nSPS) is 26.7. The van der Waals surface area contributed by atoms with E-state index in [-0.39, 0.29) is 17.9 Å².